The molecule has 1 atom stereocenters. The summed E-state index contributed by atoms with van der Waals surface area (Å²) in [7, 11) is 0. The molecule has 2 N–H and O–H groups in total. The predicted molar refractivity (Wildman–Crippen MR) is 176 cm³/mol. The molecule has 42 heavy (non-hydrogen) atoms. The summed E-state index contributed by atoms with van der Waals surface area (Å²) in [5.41, 5.74) is 0. The zero-order valence-electron chi connectivity index (χ0n) is 27.4. The minimum Gasteiger partial charge on any atom is -0.480 e. The first-order chi connectivity index (χ1) is 20.5. The molecule has 244 valence electrons. The number of carbonyl (C=O) groups excluding carboxylic acids is 2. The predicted octanol–water partition coefficient (Wildman–Crippen LogP) is 10.0. The van der Waals surface area contributed by atoms with Crippen molar-refractivity contribution in [3.8, 4) is 0 Å². The molecular weight excluding hydrogens is 526 g/mol. The second-order valence-electron chi connectivity index (χ2n) is 11.8. The van der Waals surface area contributed by atoms with E-state index in [-0.39, 0.29) is 24.5 Å². The summed E-state index contributed by atoms with van der Waals surface area (Å²) >= 11 is 0. The Morgan fingerprint density at radius 2 is 1.12 bits per heavy atom. The van der Waals surface area contributed by atoms with Crippen LogP contribution in [0.1, 0.15) is 174 Å². The minimum absolute atomic E-state index is 0.00939. The van der Waals surface area contributed by atoms with E-state index < -0.39 is 5.97 Å². The normalized spacial score (nSPS) is 12.2. The average Bonchev–Trinajstić information content (AvgIpc) is 2.97. The lowest BCUT2D eigenvalue weighted by Crippen LogP contribution is -2.28. The minimum atomic E-state index is -1.02. The van der Waals surface area contributed by atoms with Crippen molar-refractivity contribution in [3.63, 3.8) is 0 Å². The van der Waals surface area contributed by atoms with Gasteiger partial charge in [-0.05, 0) is 64.2 Å². The summed E-state index contributed by atoms with van der Waals surface area (Å²) < 4.78 is 5.93. The maximum Gasteiger partial charge on any atom is 0.322 e. The lowest BCUT2D eigenvalue weighted by Gasteiger charge is -2.18. The summed E-state index contributed by atoms with van der Waals surface area (Å²) in [5.74, 6) is -1.27. The van der Waals surface area contributed by atoms with Gasteiger partial charge in [-0.1, -0.05) is 122 Å². The molecule has 0 aromatic carbocycles. The van der Waals surface area contributed by atoms with Crippen molar-refractivity contribution in [1.29, 1.82) is 0 Å². The molecule has 0 aromatic rings. The molecule has 1 unspecified atom stereocenters. The van der Waals surface area contributed by atoms with Crippen LogP contribution in [0.5, 0.6) is 0 Å². The highest BCUT2D eigenvalue weighted by Crippen LogP contribution is 2.17. The van der Waals surface area contributed by atoms with Crippen LogP contribution in [0, 0.1) is 0 Å². The van der Waals surface area contributed by atoms with Crippen LogP contribution in [0.3, 0.4) is 0 Å². The lowest BCUT2D eigenvalue weighted by atomic mass is 10.0. The number of carboxylic acids is 1. The van der Waals surface area contributed by atoms with Gasteiger partial charge in [-0.2, -0.15) is 0 Å². The number of rotatable bonds is 31. The number of unbranched alkanes of at least 4 members (excludes halogenated alkanes) is 16. The van der Waals surface area contributed by atoms with E-state index in [0.29, 0.717) is 12.8 Å². The first-order valence-corrected chi connectivity index (χ1v) is 17.5. The Hall–Kier alpha value is -2.11. The summed E-state index contributed by atoms with van der Waals surface area (Å²) in [4.78, 5) is 34.7. The third-order valence-corrected chi connectivity index (χ3v) is 7.63. The van der Waals surface area contributed by atoms with E-state index in [0.717, 1.165) is 77.0 Å². The molecule has 0 aliphatic rings. The highest BCUT2D eigenvalue weighted by Gasteiger charge is 2.14. The van der Waals surface area contributed by atoms with Crippen molar-refractivity contribution in [2.24, 2.45) is 0 Å². The van der Waals surface area contributed by atoms with Crippen molar-refractivity contribution in [1.82, 2.24) is 5.32 Å². The Balaban J connectivity index is 4.25. The second-order valence-corrected chi connectivity index (χ2v) is 11.8. The largest absolute Gasteiger partial charge is 0.480 e. The van der Waals surface area contributed by atoms with Crippen LogP contribution in [-0.4, -0.2) is 35.6 Å². The van der Waals surface area contributed by atoms with Gasteiger partial charge in [-0.15, -0.1) is 0 Å². The van der Waals surface area contributed by atoms with Crippen molar-refractivity contribution >= 4 is 17.8 Å². The molecule has 0 bridgehead atoms. The Morgan fingerprint density at radius 3 is 1.74 bits per heavy atom. The van der Waals surface area contributed by atoms with Gasteiger partial charge < -0.3 is 15.2 Å². The molecule has 0 saturated carbocycles. The quantitative estimate of drug-likeness (QED) is 0.0475. The molecular formula is C36H65NO5. The standard InChI is InChI=1S/C36H65NO5/c1-3-5-7-9-11-12-13-14-15-16-18-20-24-28-33(42-36(41)31-27-23-17-10-8-6-4-2)29-25-21-19-22-26-30-34(38)37-32-35(39)40/h13-14,16,18,33H,3-12,15,17,19-32H2,1-2H3,(H,37,38)(H,39,40)/b14-13-,18-16-. The average molecular weight is 592 g/mol. The number of esters is 1. The van der Waals surface area contributed by atoms with Gasteiger partial charge in [0.25, 0.3) is 0 Å². The van der Waals surface area contributed by atoms with Crippen LogP contribution in [0.15, 0.2) is 24.3 Å². The van der Waals surface area contributed by atoms with E-state index in [1.165, 1.54) is 70.6 Å². The number of nitrogens with one attached hydrogen (secondary N) is 1. The zero-order chi connectivity index (χ0) is 30.9. The van der Waals surface area contributed by atoms with Crippen molar-refractivity contribution in [3.05, 3.63) is 24.3 Å². The summed E-state index contributed by atoms with van der Waals surface area (Å²) in [6, 6.07) is 0. The molecule has 1 amide bonds. The van der Waals surface area contributed by atoms with E-state index in [4.69, 9.17) is 9.84 Å². The van der Waals surface area contributed by atoms with Crippen LogP contribution in [0.25, 0.3) is 0 Å². The number of carboxylic acid groups (broad SMARTS) is 1. The van der Waals surface area contributed by atoms with Gasteiger partial charge in [-0.25, -0.2) is 0 Å². The Labute approximate surface area is 258 Å². The number of hydrogen-bond acceptors (Lipinski definition) is 4. The first kappa shape index (κ1) is 39.9. The molecule has 0 aliphatic carbocycles. The van der Waals surface area contributed by atoms with E-state index in [2.05, 4.69) is 43.5 Å². The van der Waals surface area contributed by atoms with Gasteiger partial charge in [0, 0.05) is 12.8 Å². The monoisotopic (exact) mass is 591 g/mol. The topological polar surface area (TPSA) is 92.7 Å². The van der Waals surface area contributed by atoms with Crippen LogP contribution < -0.4 is 5.32 Å². The summed E-state index contributed by atoms with van der Waals surface area (Å²) in [5, 5.41) is 11.0. The molecule has 6 nitrogen and oxygen atoms in total. The van der Waals surface area contributed by atoms with E-state index in [9.17, 15) is 14.4 Å². The maximum atomic E-state index is 12.5. The Bertz CT molecular complexity index is 703. The fourth-order valence-electron chi connectivity index (χ4n) is 5.02. The Morgan fingerprint density at radius 1 is 0.619 bits per heavy atom. The highest BCUT2D eigenvalue weighted by atomic mass is 16.5. The third kappa shape index (κ3) is 30.8. The molecule has 6 heteroatoms. The number of ether oxygens (including phenoxy) is 1. The van der Waals surface area contributed by atoms with Crippen LogP contribution in [-0.2, 0) is 19.1 Å². The molecule has 0 rings (SSSR count). The molecule has 0 aromatic heterocycles. The first-order valence-electron chi connectivity index (χ1n) is 17.5. The molecule has 0 spiro atoms. The fourth-order valence-corrected chi connectivity index (χ4v) is 5.02. The number of aliphatic carboxylic acids is 1. The fraction of sp³-hybridized carbons (Fsp3) is 0.806. The summed E-state index contributed by atoms with van der Waals surface area (Å²) in [6.07, 6.45) is 35.8. The van der Waals surface area contributed by atoms with E-state index in [1.54, 1.807) is 0 Å². The molecule has 0 aliphatic heterocycles. The Kier molecular flexibility index (Phi) is 30.2. The van der Waals surface area contributed by atoms with Crippen LogP contribution in [0.4, 0.5) is 0 Å². The number of allylic oxidation sites excluding steroid dienone is 4. The molecule has 0 heterocycles. The van der Waals surface area contributed by atoms with E-state index >= 15 is 0 Å². The SMILES string of the molecule is CCCCCCC/C=C\C/C=C\CCCC(CCCCCCCC(=O)NCC(=O)O)OC(=O)CCCCCCCCC. The zero-order valence-corrected chi connectivity index (χ0v) is 27.4. The van der Waals surface area contributed by atoms with Gasteiger partial charge in [0.1, 0.15) is 12.6 Å². The molecule has 0 fully saturated rings. The highest BCUT2D eigenvalue weighted by molar-refractivity contribution is 5.80. The van der Waals surface area contributed by atoms with Crippen molar-refractivity contribution in [2.45, 2.75) is 180 Å². The number of amides is 1. The van der Waals surface area contributed by atoms with Gasteiger partial charge in [0.15, 0.2) is 0 Å². The third-order valence-electron chi connectivity index (χ3n) is 7.63. The van der Waals surface area contributed by atoms with Gasteiger partial charge >= 0.3 is 11.9 Å². The van der Waals surface area contributed by atoms with E-state index in [1.807, 2.05) is 0 Å². The van der Waals surface area contributed by atoms with Crippen molar-refractivity contribution in [2.75, 3.05) is 6.54 Å². The van der Waals surface area contributed by atoms with Gasteiger partial charge in [0.05, 0.1) is 0 Å². The number of hydrogen-bond donors (Lipinski definition) is 2. The molecule has 0 saturated heterocycles. The second kappa shape index (κ2) is 31.8. The number of carbonyl (C=O) groups is 3. The van der Waals surface area contributed by atoms with Crippen LogP contribution >= 0.6 is 0 Å². The lowest BCUT2D eigenvalue weighted by molar-refractivity contribution is -0.150. The van der Waals surface area contributed by atoms with Gasteiger partial charge in [0.2, 0.25) is 5.91 Å². The summed E-state index contributed by atoms with van der Waals surface area (Å²) in [6.45, 7) is 4.16. The molecule has 0 radical (unpaired) electrons. The smallest absolute Gasteiger partial charge is 0.322 e. The van der Waals surface area contributed by atoms with Crippen LogP contribution in [0.2, 0.25) is 0 Å². The van der Waals surface area contributed by atoms with Crippen molar-refractivity contribution < 1.29 is 24.2 Å². The van der Waals surface area contributed by atoms with Gasteiger partial charge in [-0.3, -0.25) is 14.4 Å². The maximum absolute atomic E-state index is 12.5.